The highest BCUT2D eigenvalue weighted by atomic mass is 32.2. The Bertz CT molecular complexity index is 1300. The summed E-state index contributed by atoms with van der Waals surface area (Å²) in [6.45, 7) is 2.06. The van der Waals surface area contributed by atoms with Crippen molar-refractivity contribution in [3.63, 3.8) is 0 Å². The number of carbonyl (C=O) groups excluding carboxylic acids is 1. The number of carbonyl (C=O) groups is 1. The van der Waals surface area contributed by atoms with Gasteiger partial charge < -0.3 is 9.80 Å². The van der Waals surface area contributed by atoms with E-state index in [1.54, 1.807) is 18.2 Å². The van der Waals surface area contributed by atoms with Crippen LogP contribution in [0.25, 0.3) is 10.8 Å². The number of likely N-dealkylation sites (N-methyl/N-ethyl adjacent to an activating group) is 1. The van der Waals surface area contributed by atoms with E-state index in [1.165, 1.54) is 4.31 Å². The number of hydrogen-bond donors (Lipinski definition) is 0. The molecule has 0 saturated carbocycles. The monoisotopic (exact) mass is 463 g/mol. The SMILES string of the molecule is CN1CCC(N(C)C(=O)C2CN(S(=O)(=O)c3ccc4ccccc4c3)c3ccccc32)CC1. The topological polar surface area (TPSA) is 60.9 Å². The lowest BCUT2D eigenvalue weighted by atomic mass is 9.97. The number of piperidine rings is 1. The highest BCUT2D eigenvalue weighted by molar-refractivity contribution is 7.92. The van der Waals surface area contributed by atoms with Crippen LogP contribution in [0.4, 0.5) is 5.69 Å². The maximum absolute atomic E-state index is 13.7. The van der Waals surface area contributed by atoms with Crippen molar-refractivity contribution in [2.75, 3.05) is 38.0 Å². The Morgan fingerprint density at radius 1 is 0.939 bits per heavy atom. The zero-order valence-electron chi connectivity index (χ0n) is 19.0. The van der Waals surface area contributed by atoms with Crippen LogP contribution in [-0.4, -0.2) is 63.9 Å². The lowest BCUT2D eigenvalue weighted by molar-refractivity contribution is -0.134. The lowest BCUT2D eigenvalue weighted by Gasteiger charge is -2.36. The van der Waals surface area contributed by atoms with E-state index in [0.29, 0.717) is 5.69 Å². The number of nitrogens with zero attached hydrogens (tertiary/aromatic N) is 3. The van der Waals surface area contributed by atoms with Crippen LogP contribution in [0.2, 0.25) is 0 Å². The number of anilines is 1. The molecule has 2 aliphatic heterocycles. The molecule has 1 atom stereocenters. The molecule has 0 N–H and O–H groups in total. The summed E-state index contributed by atoms with van der Waals surface area (Å²) in [5, 5.41) is 1.87. The van der Waals surface area contributed by atoms with Crippen molar-refractivity contribution in [3.05, 3.63) is 72.3 Å². The maximum atomic E-state index is 13.7. The van der Waals surface area contributed by atoms with Crippen molar-refractivity contribution in [1.29, 1.82) is 0 Å². The zero-order valence-corrected chi connectivity index (χ0v) is 19.8. The third-order valence-corrected chi connectivity index (χ3v) is 8.90. The normalized spacial score (nSPS) is 19.6. The molecule has 3 aromatic rings. The third kappa shape index (κ3) is 3.89. The zero-order chi connectivity index (χ0) is 23.2. The number of sulfonamides is 1. The fourth-order valence-electron chi connectivity index (χ4n) is 5.07. The molecular formula is C26H29N3O3S. The molecular weight excluding hydrogens is 434 g/mol. The molecule has 0 aromatic heterocycles. The molecule has 2 heterocycles. The summed E-state index contributed by atoms with van der Waals surface area (Å²) in [5.41, 5.74) is 1.38. The Morgan fingerprint density at radius 2 is 1.61 bits per heavy atom. The van der Waals surface area contributed by atoms with Gasteiger partial charge in [0.25, 0.3) is 10.0 Å². The van der Waals surface area contributed by atoms with Crippen molar-refractivity contribution < 1.29 is 13.2 Å². The average molecular weight is 464 g/mol. The highest BCUT2D eigenvalue weighted by Gasteiger charge is 2.41. The molecule has 0 radical (unpaired) electrons. The van der Waals surface area contributed by atoms with Gasteiger partial charge in [-0.25, -0.2) is 8.42 Å². The number of hydrogen-bond acceptors (Lipinski definition) is 4. The van der Waals surface area contributed by atoms with E-state index >= 15 is 0 Å². The van der Waals surface area contributed by atoms with Crippen LogP contribution in [0.5, 0.6) is 0 Å². The lowest BCUT2D eigenvalue weighted by Crippen LogP contribution is -2.46. The molecule has 7 heteroatoms. The Labute approximate surface area is 195 Å². The quantitative estimate of drug-likeness (QED) is 0.592. The van der Waals surface area contributed by atoms with Gasteiger partial charge in [0.2, 0.25) is 5.91 Å². The Balaban J connectivity index is 1.46. The molecule has 0 spiro atoms. The first-order valence-corrected chi connectivity index (χ1v) is 12.9. The smallest absolute Gasteiger partial charge is 0.264 e. The van der Waals surface area contributed by atoms with E-state index in [4.69, 9.17) is 0 Å². The molecule has 2 aliphatic rings. The van der Waals surface area contributed by atoms with Gasteiger partial charge in [0.15, 0.2) is 0 Å². The van der Waals surface area contributed by atoms with E-state index in [1.807, 2.05) is 60.5 Å². The van der Waals surface area contributed by atoms with Gasteiger partial charge in [0, 0.05) is 13.1 Å². The van der Waals surface area contributed by atoms with Gasteiger partial charge in [0.1, 0.15) is 0 Å². The van der Waals surface area contributed by atoms with Crippen LogP contribution in [0.15, 0.2) is 71.6 Å². The average Bonchev–Trinajstić information content (AvgIpc) is 3.24. The summed E-state index contributed by atoms with van der Waals surface area (Å²) in [6, 6.07) is 20.5. The second-order valence-corrected chi connectivity index (χ2v) is 11.0. The largest absolute Gasteiger partial charge is 0.342 e. The summed E-state index contributed by atoms with van der Waals surface area (Å²) >= 11 is 0. The summed E-state index contributed by atoms with van der Waals surface area (Å²) in [6.07, 6.45) is 1.87. The minimum atomic E-state index is -3.81. The molecule has 1 fully saturated rings. The first-order chi connectivity index (χ1) is 15.9. The number of benzene rings is 3. The van der Waals surface area contributed by atoms with Crippen LogP contribution < -0.4 is 4.31 Å². The van der Waals surface area contributed by atoms with Crippen LogP contribution >= 0.6 is 0 Å². The first kappa shape index (κ1) is 21.9. The minimum absolute atomic E-state index is 0.00628. The molecule has 1 unspecified atom stereocenters. The van der Waals surface area contributed by atoms with E-state index in [-0.39, 0.29) is 23.4 Å². The summed E-state index contributed by atoms with van der Waals surface area (Å²) < 4.78 is 28.8. The number of rotatable bonds is 4. The van der Waals surface area contributed by atoms with Crippen LogP contribution in [0.1, 0.15) is 24.3 Å². The first-order valence-electron chi connectivity index (χ1n) is 11.4. The van der Waals surface area contributed by atoms with Gasteiger partial charge in [-0.05, 0) is 67.5 Å². The molecule has 33 heavy (non-hydrogen) atoms. The Kier molecular flexibility index (Phi) is 5.62. The summed E-state index contributed by atoms with van der Waals surface area (Å²) in [7, 11) is 0.149. The Morgan fingerprint density at radius 3 is 2.36 bits per heavy atom. The fourth-order valence-corrected chi connectivity index (χ4v) is 6.61. The Hall–Kier alpha value is -2.90. The van der Waals surface area contributed by atoms with Crippen molar-refractivity contribution in [3.8, 4) is 0 Å². The van der Waals surface area contributed by atoms with Crippen molar-refractivity contribution >= 4 is 32.4 Å². The summed E-state index contributed by atoms with van der Waals surface area (Å²) in [5.74, 6) is -0.505. The molecule has 0 aliphatic carbocycles. The minimum Gasteiger partial charge on any atom is -0.342 e. The summed E-state index contributed by atoms with van der Waals surface area (Å²) in [4.78, 5) is 17.9. The third-order valence-electron chi connectivity index (χ3n) is 7.12. The predicted octanol–water partition coefficient (Wildman–Crippen LogP) is 3.68. The van der Waals surface area contributed by atoms with Gasteiger partial charge in [0.05, 0.1) is 23.0 Å². The molecule has 3 aromatic carbocycles. The second kappa shape index (κ2) is 8.47. The van der Waals surface area contributed by atoms with E-state index in [9.17, 15) is 13.2 Å². The van der Waals surface area contributed by atoms with Crippen molar-refractivity contribution in [2.24, 2.45) is 0 Å². The number of para-hydroxylation sites is 1. The standard InChI is InChI=1S/C26H29N3O3S/c1-27-15-13-21(14-16-27)28(2)26(30)24-18-29(25-10-6-5-9-23(24)25)33(31,32)22-12-11-19-7-3-4-8-20(19)17-22/h3-12,17,21,24H,13-16,18H2,1-2H3. The van der Waals surface area contributed by atoms with Crippen molar-refractivity contribution in [2.45, 2.75) is 29.7 Å². The van der Waals surface area contributed by atoms with E-state index in [2.05, 4.69) is 11.9 Å². The number of amides is 1. The molecule has 1 saturated heterocycles. The van der Waals surface area contributed by atoms with E-state index in [0.717, 1.165) is 42.3 Å². The second-order valence-electron chi connectivity index (χ2n) is 9.14. The van der Waals surface area contributed by atoms with E-state index < -0.39 is 15.9 Å². The maximum Gasteiger partial charge on any atom is 0.264 e. The van der Waals surface area contributed by atoms with Crippen LogP contribution in [-0.2, 0) is 14.8 Å². The van der Waals surface area contributed by atoms with Gasteiger partial charge in [-0.3, -0.25) is 9.10 Å². The molecule has 1 amide bonds. The number of fused-ring (bicyclic) bond motifs is 2. The highest BCUT2D eigenvalue weighted by Crippen LogP contribution is 2.41. The van der Waals surface area contributed by atoms with Gasteiger partial charge in [-0.2, -0.15) is 0 Å². The van der Waals surface area contributed by atoms with Gasteiger partial charge >= 0.3 is 0 Å². The molecule has 6 nitrogen and oxygen atoms in total. The molecule has 5 rings (SSSR count). The van der Waals surface area contributed by atoms with Gasteiger partial charge in [-0.1, -0.05) is 48.5 Å². The van der Waals surface area contributed by atoms with Crippen LogP contribution in [0, 0.1) is 0 Å². The predicted molar refractivity (Wildman–Crippen MR) is 131 cm³/mol. The molecule has 172 valence electrons. The van der Waals surface area contributed by atoms with Crippen LogP contribution in [0.3, 0.4) is 0 Å². The number of likely N-dealkylation sites (tertiary alicyclic amines) is 1. The van der Waals surface area contributed by atoms with Gasteiger partial charge in [-0.15, -0.1) is 0 Å². The molecule has 0 bridgehead atoms. The fraction of sp³-hybridized carbons (Fsp3) is 0.346. The van der Waals surface area contributed by atoms with Crippen molar-refractivity contribution in [1.82, 2.24) is 9.80 Å².